The molecular formula is C9H9. The molecular weight excluding hydrogens is 108 g/mol. The third-order valence-corrected chi connectivity index (χ3v) is 1.00. The first kappa shape index (κ1) is 6.09. The van der Waals surface area contributed by atoms with Crippen LogP contribution in [0.4, 0.5) is 0 Å². The average Bonchev–Trinajstić information content (AvgIpc) is 2.00. The minimum absolute atomic E-state index is 2.00. The van der Waals surface area contributed by atoms with Gasteiger partial charge in [-0.25, -0.2) is 0 Å². The molecule has 0 aromatic carbocycles. The van der Waals surface area contributed by atoms with Gasteiger partial charge in [0, 0.05) is 6.42 Å². The van der Waals surface area contributed by atoms with Gasteiger partial charge in [0.05, 0.1) is 0 Å². The first-order chi connectivity index (χ1) is 4.50. The normalized spacial score (nSPS) is 31.1. The van der Waals surface area contributed by atoms with Gasteiger partial charge < -0.3 is 0 Å². The Morgan fingerprint density at radius 2 is 0.667 bits per heavy atom. The molecule has 0 heteroatoms. The number of hydrogen-bond donors (Lipinski definition) is 0. The molecule has 9 heavy (non-hydrogen) atoms. The molecule has 0 aliphatic heterocycles. The monoisotopic (exact) mass is 117 g/mol. The zero-order valence-corrected chi connectivity index (χ0v) is 5.20. The molecule has 0 heterocycles. The zero-order valence-electron chi connectivity index (χ0n) is 5.20. The van der Waals surface area contributed by atoms with Gasteiger partial charge in [0.15, 0.2) is 0 Å². The second-order valence-corrected chi connectivity index (χ2v) is 1.73. The summed E-state index contributed by atoms with van der Waals surface area (Å²) in [5.74, 6) is 0. The van der Waals surface area contributed by atoms with Crippen LogP contribution in [0.1, 0.15) is 0 Å². The van der Waals surface area contributed by atoms with Crippen molar-refractivity contribution in [2.45, 2.75) is 0 Å². The fourth-order valence-corrected chi connectivity index (χ4v) is 0.577. The van der Waals surface area contributed by atoms with Crippen molar-refractivity contribution in [1.82, 2.24) is 0 Å². The molecule has 0 unspecified atom stereocenters. The van der Waals surface area contributed by atoms with E-state index < -0.39 is 0 Å². The van der Waals surface area contributed by atoms with Crippen molar-refractivity contribution in [3.05, 3.63) is 55.0 Å². The maximum atomic E-state index is 2.00. The Labute approximate surface area is 55.9 Å². The Balaban J connectivity index is 2.60. The van der Waals surface area contributed by atoms with E-state index in [0.717, 1.165) is 0 Å². The molecule has 0 nitrogen and oxygen atoms in total. The Hall–Kier alpha value is -1.04. The smallest absolute Gasteiger partial charge is 0.00506 e. The zero-order chi connectivity index (χ0) is 6.36. The molecule has 1 aliphatic carbocycles. The van der Waals surface area contributed by atoms with Crippen LogP contribution in [0.2, 0.25) is 0 Å². The highest BCUT2D eigenvalue weighted by molar-refractivity contribution is 5.23. The summed E-state index contributed by atoms with van der Waals surface area (Å²) in [6, 6.07) is 0. The number of allylic oxidation sites excluding steroid dienone is 8. The lowest BCUT2D eigenvalue weighted by atomic mass is 10.3. The van der Waals surface area contributed by atoms with Crippen LogP contribution in [0.15, 0.2) is 48.6 Å². The Morgan fingerprint density at radius 1 is 0.333 bits per heavy atom. The van der Waals surface area contributed by atoms with Crippen molar-refractivity contribution in [3.63, 3.8) is 0 Å². The third-order valence-electron chi connectivity index (χ3n) is 1.00. The minimum atomic E-state index is 2.00. The van der Waals surface area contributed by atoms with Gasteiger partial charge in [-0.3, -0.25) is 0 Å². The summed E-state index contributed by atoms with van der Waals surface area (Å²) in [6.45, 7) is 0. The highest BCUT2D eigenvalue weighted by Gasteiger charge is 1.70. The van der Waals surface area contributed by atoms with Gasteiger partial charge in [-0.05, 0) is 0 Å². The van der Waals surface area contributed by atoms with Crippen LogP contribution in [0.5, 0.6) is 0 Å². The maximum absolute atomic E-state index is 2.00. The van der Waals surface area contributed by atoms with Gasteiger partial charge in [-0.15, -0.1) is 0 Å². The van der Waals surface area contributed by atoms with Crippen LogP contribution in [0.3, 0.4) is 0 Å². The van der Waals surface area contributed by atoms with Gasteiger partial charge in [0.1, 0.15) is 0 Å². The summed E-state index contributed by atoms with van der Waals surface area (Å²) in [7, 11) is 0. The first-order valence-corrected chi connectivity index (χ1v) is 3.00. The first-order valence-electron chi connectivity index (χ1n) is 3.00. The quantitative estimate of drug-likeness (QED) is 0.457. The lowest BCUT2D eigenvalue weighted by molar-refractivity contribution is 1.74. The highest BCUT2D eigenvalue weighted by atomic mass is 13.8. The topological polar surface area (TPSA) is 0 Å². The van der Waals surface area contributed by atoms with Gasteiger partial charge in [0.2, 0.25) is 0 Å². The second-order valence-electron chi connectivity index (χ2n) is 1.73. The fourth-order valence-electron chi connectivity index (χ4n) is 0.577. The van der Waals surface area contributed by atoms with E-state index in [0.29, 0.717) is 0 Å². The van der Waals surface area contributed by atoms with E-state index in [9.17, 15) is 0 Å². The van der Waals surface area contributed by atoms with E-state index in [2.05, 4.69) is 0 Å². The molecule has 0 N–H and O–H groups in total. The number of hydrogen-bond acceptors (Lipinski definition) is 0. The van der Waals surface area contributed by atoms with Crippen molar-refractivity contribution >= 4 is 0 Å². The van der Waals surface area contributed by atoms with Crippen molar-refractivity contribution in [2.75, 3.05) is 0 Å². The predicted molar refractivity (Wildman–Crippen MR) is 40.9 cm³/mol. The van der Waals surface area contributed by atoms with Crippen LogP contribution in [-0.4, -0.2) is 0 Å². The van der Waals surface area contributed by atoms with E-state index in [1.165, 1.54) is 0 Å². The molecule has 0 spiro atoms. The van der Waals surface area contributed by atoms with Crippen molar-refractivity contribution < 1.29 is 0 Å². The van der Waals surface area contributed by atoms with Crippen LogP contribution < -0.4 is 0 Å². The van der Waals surface area contributed by atoms with Crippen LogP contribution in [0.25, 0.3) is 0 Å². The van der Waals surface area contributed by atoms with Crippen molar-refractivity contribution in [1.29, 1.82) is 0 Å². The largest absolute Gasteiger partial charge is 0.0767 e. The summed E-state index contributed by atoms with van der Waals surface area (Å²) in [5, 5.41) is 0. The Kier molecular flexibility index (Phi) is 2.64. The predicted octanol–water partition coefficient (Wildman–Crippen LogP) is 2.43. The summed E-state index contributed by atoms with van der Waals surface area (Å²) in [5.41, 5.74) is 0. The molecule has 0 saturated carbocycles. The Bertz CT molecular complexity index is 148. The second kappa shape index (κ2) is 3.90. The van der Waals surface area contributed by atoms with Crippen molar-refractivity contribution in [3.8, 4) is 0 Å². The van der Waals surface area contributed by atoms with Gasteiger partial charge >= 0.3 is 0 Å². The van der Waals surface area contributed by atoms with Gasteiger partial charge in [0.25, 0.3) is 0 Å². The SMILES string of the molecule is [CH]1\C=C/C=C\C=C\C=C/1. The molecule has 0 saturated heterocycles. The average molecular weight is 117 g/mol. The molecule has 1 rings (SSSR count). The minimum Gasteiger partial charge on any atom is -0.0767 e. The molecule has 0 aromatic heterocycles. The summed E-state index contributed by atoms with van der Waals surface area (Å²) in [4.78, 5) is 0. The molecule has 1 aliphatic rings. The van der Waals surface area contributed by atoms with Crippen LogP contribution >= 0.6 is 0 Å². The summed E-state index contributed by atoms with van der Waals surface area (Å²) >= 11 is 0. The highest BCUT2D eigenvalue weighted by Crippen LogP contribution is 1.90. The molecule has 0 fully saturated rings. The fraction of sp³-hybridized carbons (Fsp3) is 0. The Morgan fingerprint density at radius 3 is 1.11 bits per heavy atom. The molecule has 0 atom stereocenters. The van der Waals surface area contributed by atoms with E-state index in [4.69, 9.17) is 0 Å². The van der Waals surface area contributed by atoms with Gasteiger partial charge in [-0.1, -0.05) is 48.6 Å². The molecule has 0 bridgehead atoms. The van der Waals surface area contributed by atoms with Gasteiger partial charge in [-0.2, -0.15) is 0 Å². The number of rotatable bonds is 0. The summed E-state index contributed by atoms with van der Waals surface area (Å²) in [6.07, 6.45) is 18.0. The molecule has 0 aromatic rings. The lowest BCUT2D eigenvalue weighted by Crippen LogP contribution is -1.55. The lowest BCUT2D eigenvalue weighted by Gasteiger charge is -1.73. The van der Waals surface area contributed by atoms with E-state index in [-0.39, 0.29) is 0 Å². The standard InChI is InChI=1S/C9H9/c1-2-4-6-8-9-7-5-3-1/h1-9H/b2-1-,5-3-,6-4+,9-8-. The van der Waals surface area contributed by atoms with E-state index in [1.807, 2.05) is 55.0 Å². The molecule has 45 valence electrons. The third kappa shape index (κ3) is 2.70. The summed E-state index contributed by atoms with van der Waals surface area (Å²) < 4.78 is 0. The molecule has 0 amide bonds. The maximum Gasteiger partial charge on any atom is 0.00506 e. The van der Waals surface area contributed by atoms with E-state index in [1.54, 1.807) is 0 Å². The van der Waals surface area contributed by atoms with Crippen LogP contribution in [0, 0.1) is 6.42 Å². The molecule has 1 radical (unpaired) electrons. The van der Waals surface area contributed by atoms with Crippen molar-refractivity contribution in [2.24, 2.45) is 0 Å². The van der Waals surface area contributed by atoms with Crippen LogP contribution in [-0.2, 0) is 0 Å². The van der Waals surface area contributed by atoms with E-state index >= 15 is 0 Å².